The average molecular weight is 313 g/mol. The molecule has 2 rings (SSSR count). The molecule has 0 aliphatic carbocycles. The lowest BCUT2D eigenvalue weighted by molar-refractivity contribution is 0.327. The van der Waals surface area contributed by atoms with Crippen molar-refractivity contribution >= 4 is 27.0 Å². The number of ether oxygens (including phenoxy) is 1. The van der Waals surface area contributed by atoms with Crippen molar-refractivity contribution in [2.75, 3.05) is 11.3 Å². The van der Waals surface area contributed by atoms with E-state index in [4.69, 9.17) is 10.5 Å². The van der Waals surface area contributed by atoms with Gasteiger partial charge in [0.05, 0.1) is 18.5 Å². The average Bonchev–Trinajstić information content (AvgIpc) is 2.90. The molecule has 2 heterocycles. The van der Waals surface area contributed by atoms with Crippen LogP contribution in [0.3, 0.4) is 0 Å². The van der Waals surface area contributed by atoms with Gasteiger partial charge in [0.25, 0.3) is 10.0 Å². The summed E-state index contributed by atoms with van der Waals surface area (Å²) >= 11 is 1.32. The summed E-state index contributed by atoms with van der Waals surface area (Å²) in [6.45, 7) is 2.55. The van der Waals surface area contributed by atoms with Crippen LogP contribution in [0, 0.1) is 0 Å². The third-order valence-electron chi connectivity index (χ3n) is 2.46. The predicted molar refractivity (Wildman–Crippen MR) is 78.4 cm³/mol. The lowest BCUT2D eigenvalue weighted by atomic mass is 10.4. The van der Waals surface area contributed by atoms with Crippen LogP contribution in [0.15, 0.2) is 34.7 Å². The van der Waals surface area contributed by atoms with Gasteiger partial charge in [-0.2, -0.15) is 0 Å². The molecule has 0 saturated heterocycles. The molecule has 2 aromatic rings. The van der Waals surface area contributed by atoms with Gasteiger partial charge in [-0.05, 0) is 24.4 Å². The number of sulfonamides is 1. The number of nitrogens with zero attached hydrogens (tertiary/aromatic N) is 1. The van der Waals surface area contributed by atoms with Crippen LogP contribution in [0.25, 0.3) is 0 Å². The Morgan fingerprint density at radius 1 is 1.40 bits per heavy atom. The third kappa shape index (κ3) is 3.27. The predicted octanol–water partition coefficient (Wildman–Crippen LogP) is 1.80. The van der Waals surface area contributed by atoms with Crippen LogP contribution in [-0.2, 0) is 16.6 Å². The van der Waals surface area contributed by atoms with Crippen molar-refractivity contribution in [3.8, 4) is 5.88 Å². The maximum absolute atomic E-state index is 12.2. The fourth-order valence-corrected chi connectivity index (χ4v) is 3.98. The molecule has 108 valence electrons. The van der Waals surface area contributed by atoms with Gasteiger partial charge in [0.15, 0.2) is 0 Å². The first kappa shape index (κ1) is 14.8. The van der Waals surface area contributed by atoms with Crippen molar-refractivity contribution < 1.29 is 13.2 Å². The summed E-state index contributed by atoms with van der Waals surface area (Å²) in [5, 5.41) is 1.70. The number of anilines is 1. The Bertz CT molecular complexity index is 666. The zero-order chi connectivity index (χ0) is 14.6. The first-order valence-electron chi connectivity index (χ1n) is 5.95. The molecule has 6 nitrogen and oxygen atoms in total. The Morgan fingerprint density at radius 2 is 2.20 bits per heavy atom. The number of pyridine rings is 1. The quantitative estimate of drug-likeness (QED) is 0.848. The Hall–Kier alpha value is -1.64. The normalized spacial score (nSPS) is 11.3. The number of nitrogens with one attached hydrogen (secondary N) is 1. The zero-order valence-corrected chi connectivity index (χ0v) is 12.5. The van der Waals surface area contributed by atoms with Gasteiger partial charge in [0, 0.05) is 17.5 Å². The number of aromatic nitrogens is 1. The summed E-state index contributed by atoms with van der Waals surface area (Å²) in [5.74, 6) is 0.452. The summed E-state index contributed by atoms with van der Waals surface area (Å²) in [4.78, 5) is 4.83. The highest BCUT2D eigenvalue weighted by atomic mass is 32.2. The molecule has 0 aliphatic rings. The summed E-state index contributed by atoms with van der Waals surface area (Å²) in [7, 11) is -3.64. The largest absolute Gasteiger partial charge is 0.478 e. The Morgan fingerprint density at radius 3 is 2.80 bits per heavy atom. The lowest BCUT2D eigenvalue weighted by Crippen LogP contribution is -2.14. The van der Waals surface area contributed by atoms with Crippen LogP contribution in [-0.4, -0.2) is 20.0 Å². The summed E-state index contributed by atoms with van der Waals surface area (Å²) < 4.78 is 32.1. The van der Waals surface area contributed by atoms with Gasteiger partial charge in [0.1, 0.15) is 4.90 Å². The fourth-order valence-electron chi connectivity index (χ4n) is 1.60. The van der Waals surface area contributed by atoms with E-state index in [1.807, 2.05) is 6.92 Å². The van der Waals surface area contributed by atoms with Crippen molar-refractivity contribution in [3.63, 3.8) is 0 Å². The smallest absolute Gasteiger partial charge is 0.263 e. The van der Waals surface area contributed by atoms with Gasteiger partial charge in [-0.25, -0.2) is 13.4 Å². The van der Waals surface area contributed by atoms with Crippen molar-refractivity contribution in [1.29, 1.82) is 0 Å². The summed E-state index contributed by atoms with van der Waals surface area (Å²) in [6, 6.07) is 4.75. The number of hydrogen-bond acceptors (Lipinski definition) is 6. The Kier molecular flexibility index (Phi) is 4.58. The molecule has 0 aliphatic heterocycles. The van der Waals surface area contributed by atoms with Crippen LogP contribution in [0.4, 0.5) is 5.69 Å². The maximum Gasteiger partial charge on any atom is 0.263 e. The third-order valence-corrected chi connectivity index (χ3v) is 5.00. The van der Waals surface area contributed by atoms with E-state index in [0.29, 0.717) is 23.1 Å². The molecule has 8 heteroatoms. The van der Waals surface area contributed by atoms with E-state index < -0.39 is 10.0 Å². The van der Waals surface area contributed by atoms with Crippen molar-refractivity contribution in [2.24, 2.45) is 5.73 Å². The SMILES string of the molecule is CCOc1ccc(NS(=O)(=O)c2ccsc2CN)cn1. The highest BCUT2D eigenvalue weighted by Crippen LogP contribution is 2.24. The molecule has 2 aromatic heterocycles. The Balaban J connectivity index is 2.20. The van der Waals surface area contributed by atoms with Crippen LogP contribution >= 0.6 is 11.3 Å². The van der Waals surface area contributed by atoms with E-state index in [1.165, 1.54) is 23.6 Å². The van der Waals surface area contributed by atoms with Crippen LogP contribution in [0.5, 0.6) is 5.88 Å². The van der Waals surface area contributed by atoms with E-state index >= 15 is 0 Å². The van der Waals surface area contributed by atoms with Gasteiger partial charge in [0.2, 0.25) is 5.88 Å². The second-order valence-corrected chi connectivity index (χ2v) is 6.49. The minimum atomic E-state index is -3.64. The molecule has 0 fully saturated rings. The van der Waals surface area contributed by atoms with Gasteiger partial charge < -0.3 is 10.5 Å². The van der Waals surface area contributed by atoms with Crippen molar-refractivity contribution in [3.05, 3.63) is 34.7 Å². The number of thiophene rings is 1. The Labute approximate surface area is 121 Å². The zero-order valence-electron chi connectivity index (χ0n) is 10.9. The summed E-state index contributed by atoms with van der Waals surface area (Å²) in [6.07, 6.45) is 1.41. The molecule has 0 unspecified atom stereocenters. The van der Waals surface area contributed by atoms with Gasteiger partial charge >= 0.3 is 0 Å². The summed E-state index contributed by atoms with van der Waals surface area (Å²) in [5.41, 5.74) is 5.91. The molecule has 0 atom stereocenters. The van der Waals surface area contributed by atoms with Crippen LogP contribution < -0.4 is 15.2 Å². The number of nitrogens with two attached hydrogens (primary N) is 1. The minimum Gasteiger partial charge on any atom is -0.478 e. The molecule has 0 amide bonds. The second kappa shape index (κ2) is 6.21. The number of rotatable bonds is 6. The molecule has 0 bridgehead atoms. The van der Waals surface area contributed by atoms with Crippen molar-refractivity contribution in [1.82, 2.24) is 4.98 Å². The molecule has 0 saturated carbocycles. The standard InChI is InChI=1S/C12H15N3O3S2/c1-2-18-12-4-3-9(8-14-12)15-20(16,17)11-5-6-19-10(11)7-13/h3-6,8,15H,2,7,13H2,1H3. The maximum atomic E-state index is 12.2. The molecule has 0 spiro atoms. The molecule has 0 radical (unpaired) electrons. The van der Waals surface area contributed by atoms with Gasteiger partial charge in [-0.15, -0.1) is 11.3 Å². The molecule has 3 N–H and O–H groups in total. The van der Waals surface area contributed by atoms with Crippen LogP contribution in [0.1, 0.15) is 11.8 Å². The topological polar surface area (TPSA) is 94.3 Å². The highest BCUT2D eigenvalue weighted by molar-refractivity contribution is 7.93. The van der Waals surface area contributed by atoms with E-state index in [9.17, 15) is 8.42 Å². The molecule has 0 aromatic carbocycles. The van der Waals surface area contributed by atoms with Crippen LogP contribution in [0.2, 0.25) is 0 Å². The fraction of sp³-hybridized carbons (Fsp3) is 0.250. The minimum absolute atomic E-state index is 0.190. The van der Waals surface area contributed by atoms with E-state index in [-0.39, 0.29) is 11.4 Å². The first-order chi connectivity index (χ1) is 9.56. The van der Waals surface area contributed by atoms with Crippen molar-refractivity contribution in [2.45, 2.75) is 18.4 Å². The second-order valence-electron chi connectivity index (χ2n) is 3.84. The molecule has 20 heavy (non-hydrogen) atoms. The monoisotopic (exact) mass is 313 g/mol. The van der Waals surface area contributed by atoms with E-state index in [1.54, 1.807) is 17.5 Å². The van der Waals surface area contributed by atoms with E-state index in [0.717, 1.165) is 0 Å². The first-order valence-corrected chi connectivity index (χ1v) is 8.31. The molecular formula is C12H15N3O3S2. The highest BCUT2D eigenvalue weighted by Gasteiger charge is 2.19. The van der Waals surface area contributed by atoms with Gasteiger partial charge in [-0.1, -0.05) is 0 Å². The van der Waals surface area contributed by atoms with Gasteiger partial charge in [-0.3, -0.25) is 4.72 Å². The number of hydrogen-bond donors (Lipinski definition) is 2. The lowest BCUT2D eigenvalue weighted by Gasteiger charge is -2.08. The van der Waals surface area contributed by atoms with E-state index in [2.05, 4.69) is 9.71 Å². The molecular weight excluding hydrogens is 298 g/mol.